The molecule has 5 heteroatoms. The van der Waals surface area contributed by atoms with Gasteiger partial charge < -0.3 is 15.6 Å². The summed E-state index contributed by atoms with van der Waals surface area (Å²) in [6.07, 6.45) is 2.34. The molecular formula is C14H19NO3S. The van der Waals surface area contributed by atoms with Crippen molar-refractivity contribution in [1.82, 2.24) is 0 Å². The summed E-state index contributed by atoms with van der Waals surface area (Å²) in [5.74, 6) is 2.18. The third-order valence-electron chi connectivity index (χ3n) is 3.15. The lowest BCUT2D eigenvalue weighted by Gasteiger charge is -2.23. The largest absolute Gasteiger partial charge is 0.490 e. The standard InChI is InChI=1S/C14H19NO3S/c15-13(9-14(16)17)10-2-1-3-12(8-10)18-11-4-6-19-7-5-11/h1-3,8,11,13H,4-7,9,15H2,(H,16,17). The van der Waals surface area contributed by atoms with Crippen molar-refractivity contribution in [3.63, 3.8) is 0 Å². The Hall–Kier alpha value is -1.20. The van der Waals surface area contributed by atoms with Gasteiger partial charge >= 0.3 is 5.97 Å². The summed E-state index contributed by atoms with van der Waals surface area (Å²) in [7, 11) is 0. The van der Waals surface area contributed by atoms with E-state index in [2.05, 4.69) is 0 Å². The molecule has 0 aliphatic carbocycles. The van der Waals surface area contributed by atoms with E-state index in [1.165, 1.54) is 0 Å². The van der Waals surface area contributed by atoms with E-state index in [4.69, 9.17) is 15.6 Å². The Morgan fingerprint density at radius 1 is 1.47 bits per heavy atom. The Kier molecular flexibility index (Phi) is 5.10. The average Bonchev–Trinajstić information content (AvgIpc) is 2.39. The van der Waals surface area contributed by atoms with E-state index in [1.54, 1.807) is 0 Å². The first-order valence-corrected chi connectivity index (χ1v) is 7.62. The van der Waals surface area contributed by atoms with Crippen molar-refractivity contribution in [2.24, 2.45) is 5.73 Å². The van der Waals surface area contributed by atoms with Crippen molar-refractivity contribution in [2.75, 3.05) is 11.5 Å². The molecule has 2 rings (SSSR count). The SMILES string of the molecule is NC(CC(=O)O)c1cccc(OC2CCSCC2)c1. The molecule has 1 aliphatic rings. The van der Waals surface area contributed by atoms with Gasteiger partial charge in [-0.2, -0.15) is 11.8 Å². The van der Waals surface area contributed by atoms with E-state index in [0.29, 0.717) is 0 Å². The highest BCUT2D eigenvalue weighted by Gasteiger charge is 2.16. The van der Waals surface area contributed by atoms with E-state index >= 15 is 0 Å². The second-order valence-electron chi connectivity index (χ2n) is 4.71. The van der Waals surface area contributed by atoms with Crippen LogP contribution in [0.2, 0.25) is 0 Å². The minimum atomic E-state index is -0.886. The van der Waals surface area contributed by atoms with Crippen LogP contribution in [0.1, 0.15) is 30.9 Å². The highest BCUT2D eigenvalue weighted by Crippen LogP contribution is 2.25. The van der Waals surface area contributed by atoms with Crippen molar-refractivity contribution < 1.29 is 14.6 Å². The topological polar surface area (TPSA) is 72.6 Å². The van der Waals surface area contributed by atoms with Gasteiger partial charge in [0.1, 0.15) is 11.9 Å². The highest BCUT2D eigenvalue weighted by molar-refractivity contribution is 7.99. The van der Waals surface area contributed by atoms with Crippen LogP contribution in [0.5, 0.6) is 5.75 Å². The zero-order valence-corrected chi connectivity index (χ0v) is 11.6. The summed E-state index contributed by atoms with van der Waals surface area (Å²) in [5.41, 5.74) is 6.67. The van der Waals surface area contributed by atoms with E-state index in [1.807, 2.05) is 36.0 Å². The van der Waals surface area contributed by atoms with Crippen molar-refractivity contribution in [1.29, 1.82) is 0 Å². The molecule has 0 aromatic heterocycles. The molecule has 3 N–H and O–H groups in total. The third-order valence-corrected chi connectivity index (χ3v) is 4.20. The monoisotopic (exact) mass is 281 g/mol. The molecular weight excluding hydrogens is 262 g/mol. The predicted molar refractivity (Wildman–Crippen MR) is 76.6 cm³/mol. The summed E-state index contributed by atoms with van der Waals surface area (Å²) in [6, 6.07) is 6.98. The van der Waals surface area contributed by atoms with Gasteiger partial charge in [-0.25, -0.2) is 0 Å². The number of rotatable bonds is 5. The maximum atomic E-state index is 10.7. The van der Waals surface area contributed by atoms with Crippen molar-refractivity contribution in [3.8, 4) is 5.75 Å². The molecule has 1 fully saturated rings. The number of ether oxygens (including phenoxy) is 1. The lowest BCUT2D eigenvalue weighted by molar-refractivity contribution is -0.137. The zero-order chi connectivity index (χ0) is 13.7. The molecule has 1 saturated heterocycles. The van der Waals surface area contributed by atoms with Gasteiger partial charge in [0, 0.05) is 6.04 Å². The van der Waals surface area contributed by atoms with Gasteiger partial charge in [0.25, 0.3) is 0 Å². The minimum Gasteiger partial charge on any atom is -0.490 e. The second-order valence-corrected chi connectivity index (χ2v) is 5.93. The molecule has 1 atom stereocenters. The third kappa shape index (κ3) is 4.44. The number of carbonyl (C=O) groups is 1. The van der Waals surface area contributed by atoms with Gasteiger partial charge in [0.05, 0.1) is 6.42 Å². The Bertz CT molecular complexity index is 432. The average molecular weight is 281 g/mol. The van der Waals surface area contributed by atoms with Crippen LogP contribution in [0.15, 0.2) is 24.3 Å². The molecule has 4 nitrogen and oxygen atoms in total. The molecule has 1 heterocycles. The fourth-order valence-electron chi connectivity index (χ4n) is 2.11. The maximum Gasteiger partial charge on any atom is 0.305 e. The van der Waals surface area contributed by atoms with E-state index in [-0.39, 0.29) is 12.5 Å². The number of carboxylic acid groups (broad SMARTS) is 1. The first-order valence-electron chi connectivity index (χ1n) is 6.47. The van der Waals surface area contributed by atoms with E-state index < -0.39 is 12.0 Å². The summed E-state index contributed by atoms with van der Waals surface area (Å²) in [5, 5.41) is 8.76. The lowest BCUT2D eigenvalue weighted by atomic mass is 10.0. The van der Waals surface area contributed by atoms with Crippen LogP contribution in [-0.4, -0.2) is 28.7 Å². The zero-order valence-electron chi connectivity index (χ0n) is 10.7. The molecule has 19 heavy (non-hydrogen) atoms. The van der Waals surface area contributed by atoms with Crippen LogP contribution >= 0.6 is 11.8 Å². The molecule has 0 bridgehead atoms. The lowest BCUT2D eigenvalue weighted by Crippen LogP contribution is -2.22. The Balaban J connectivity index is 1.99. The van der Waals surface area contributed by atoms with Crippen molar-refractivity contribution >= 4 is 17.7 Å². The number of hydrogen-bond donors (Lipinski definition) is 2. The van der Waals surface area contributed by atoms with Crippen LogP contribution in [0, 0.1) is 0 Å². The van der Waals surface area contributed by atoms with Crippen LogP contribution in [0.3, 0.4) is 0 Å². The van der Waals surface area contributed by atoms with Gasteiger partial charge in [-0.1, -0.05) is 12.1 Å². The predicted octanol–water partition coefficient (Wildman–Crippen LogP) is 2.44. The van der Waals surface area contributed by atoms with Crippen LogP contribution in [0.25, 0.3) is 0 Å². The summed E-state index contributed by atoms with van der Waals surface area (Å²) < 4.78 is 5.93. The van der Waals surface area contributed by atoms with Gasteiger partial charge in [0.15, 0.2) is 0 Å². The highest BCUT2D eigenvalue weighted by atomic mass is 32.2. The van der Waals surface area contributed by atoms with Gasteiger partial charge in [0.2, 0.25) is 0 Å². The Morgan fingerprint density at radius 2 is 2.21 bits per heavy atom. The summed E-state index contributed by atoms with van der Waals surface area (Å²) in [6.45, 7) is 0. The second kappa shape index (κ2) is 6.82. The number of thioether (sulfide) groups is 1. The maximum absolute atomic E-state index is 10.7. The number of aliphatic carboxylic acids is 1. The molecule has 1 aliphatic heterocycles. The normalized spacial score (nSPS) is 17.9. The fraction of sp³-hybridized carbons (Fsp3) is 0.500. The van der Waals surface area contributed by atoms with Crippen molar-refractivity contribution in [2.45, 2.75) is 31.4 Å². The molecule has 104 valence electrons. The molecule has 1 aromatic rings. The number of hydrogen-bond acceptors (Lipinski definition) is 4. The number of nitrogens with two attached hydrogens (primary N) is 1. The first-order chi connectivity index (χ1) is 9.15. The summed E-state index contributed by atoms with van der Waals surface area (Å²) >= 11 is 1.96. The molecule has 0 spiro atoms. The van der Waals surface area contributed by atoms with Crippen LogP contribution < -0.4 is 10.5 Å². The molecule has 0 radical (unpaired) electrons. The smallest absolute Gasteiger partial charge is 0.305 e. The molecule has 0 amide bonds. The molecule has 0 saturated carbocycles. The first kappa shape index (κ1) is 14.2. The number of benzene rings is 1. The fourth-order valence-corrected chi connectivity index (χ4v) is 3.17. The Morgan fingerprint density at radius 3 is 2.89 bits per heavy atom. The molecule has 1 unspecified atom stereocenters. The number of carboxylic acids is 1. The molecule has 1 aromatic carbocycles. The van der Waals surface area contributed by atoms with Gasteiger partial charge in [-0.15, -0.1) is 0 Å². The van der Waals surface area contributed by atoms with Crippen molar-refractivity contribution in [3.05, 3.63) is 29.8 Å². The van der Waals surface area contributed by atoms with Crippen LogP contribution in [0.4, 0.5) is 0 Å². The quantitative estimate of drug-likeness (QED) is 0.867. The summed E-state index contributed by atoms with van der Waals surface area (Å²) in [4.78, 5) is 10.7. The van der Waals surface area contributed by atoms with E-state index in [9.17, 15) is 4.79 Å². The van der Waals surface area contributed by atoms with Crippen LogP contribution in [-0.2, 0) is 4.79 Å². The Labute approximate surface area is 117 Å². The van der Waals surface area contributed by atoms with Gasteiger partial charge in [-0.3, -0.25) is 4.79 Å². The van der Waals surface area contributed by atoms with Gasteiger partial charge in [-0.05, 0) is 42.0 Å². The van der Waals surface area contributed by atoms with E-state index in [0.717, 1.165) is 35.7 Å². The minimum absolute atomic E-state index is 0.0660.